The van der Waals surface area contributed by atoms with E-state index in [0.717, 1.165) is 18.4 Å². The van der Waals surface area contributed by atoms with Gasteiger partial charge in [-0.2, -0.15) is 0 Å². The normalized spacial score (nSPS) is 15.8. The quantitative estimate of drug-likeness (QED) is 0.574. The molecule has 0 atom stereocenters. The average Bonchev–Trinajstić information content (AvgIpc) is 2.93. The van der Waals surface area contributed by atoms with Crippen LogP contribution < -0.4 is 4.74 Å². The monoisotopic (exact) mass is 217 g/mol. The Morgan fingerprint density at radius 2 is 2.31 bits per heavy atom. The SMILES string of the molecule is ClCc1cnc(Cl)c(OC2CC2)c1. The lowest BCUT2D eigenvalue weighted by molar-refractivity contribution is 0.302. The Kier molecular flexibility index (Phi) is 2.61. The Bertz CT molecular complexity index is 312. The van der Waals surface area contributed by atoms with Crippen LogP contribution in [0.4, 0.5) is 0 Å². The lowest BCUT2D eigenvalue weighted by atomic mass is 10.3. The number of alkyl halides is 1. The number of halogens is 2. The minimum absolute atomic E-state index is 0.338. The van der Waals surface area contributed by atoms with Gasteiger partial charge in [-0.05, 0) is 24.5 Å². The Balaban J connectivity index is 2.19. The van der Waals surface area contributed by atoms with Crippen molar-refractivity contribution in [2.75, 3.05) is 0 Å². The average molecular weight is 218 g/mol. The molecular weight excluding hydrogens is 209 g/mol. The van der Waals surface area contributed by atoms with Crippen molar-refractivity contribution in [3.8, 4) is 5.75 Å². The molecule has 0 aromatic carbocycles. The molecule has 0 unspecified atom stereocenters. The molecule has 0 radical (unpaired) electrons. The molecule has 0 bridgehead atoms. The van der Waals surface area contributed by atoms with E-state index >= 15 is 0 Å². The van der Waals surface area contributed by atoms with Gasteiger partial charge in [-0.1, -0.05) is 11.6 Å². The van der Waals surface area contributed by atoms with Crippen molar-refractivity contribution < 1.29 is 4.74 Å². The topological polar surface area (TPSA) is 22.1 Å². The smallest absolute Gasteiger partial charge is 0.171 e. The first-order valence-electron chi connectivity index (χ1n) is 4.16. The number of hydrogen-bond acceptors (Lipinski definition) is 2. The molecule has 0 amide bonds. The molecule has 1 aromatic heterocycles. The van der Waals surface area contributed by atoms with Crippen molar-refractivity contribution in [3.63, 3.8) is 0 Å². The second-order valence-electron chi connectivity index (χ2n) is 3.08. The van der Waals surface area contributed by atoms with Gasteiger partial charge in [-0.15, -0.1) is 11.6 Å². The molecule has 2 rings (SSSR count). The minimum atomic E-state index is 0.338. The third kappa shape index (κ3) is 2.26. The molecule has 70 valence electrons. The lowest BCUT2D eigenvalue weighted by Gasteiger charge is -2.06. The number of ether oxygens (including phenoxy) is 1. The van der Waals surface area contributed by atoms with Crippen LogP contribution in [0.5, 0.6) is 5.75 Å². The molecule has 1 saturated carbocycles. The first kappa shape index (κ1) is 9.10. The highest BCUT2D eigenvalue weighted by Gasteiger charge is 2.24. The summed E-state index contributed by atoms with van der Waals surface area (Å²) in [5.41, 5.74) is 0.932. The first-order chi connectivity index (χ1) is 6.29. The van der Waals surface area contributed by atoms with Gasteiger partial charge in [0.25, 0.3) is 0 Å². The van der Waals surface area contributed by atoms with E-state index in [1.54, 1.807) is 6.20 Å². The van der Waals surface area contributed by atoms with E-state index in [2.05, 4.69) is 4.98 Å². The van der Waals surface area contributed by atoms with Crippen molar-refractivity contribution in [1.29, 1.82) is 0 Å². The van der Waals surface area contributed by atoms with E-state index in [9.17, 15) is 0 Å². The summed E-state index contributed by atoms with van der Waals surface area (Å²) in [5, 5.41) is 0.417. The zero-order valence-corrected chi connectivity index (χ0v) is 8.48. The number of rotatable bonds is 3. The van der Waals surface area contributed by atoms with Crippen molar-refractivity contribution in [2.45, 2.75) is 24.8 Å². The highest BCUT2D eigenvalue weighted by Crippen LogP contribution is 2.31. The highest BCUT2D eigenvalue weighted by molar-refractivity contribution is 6.30. The Labute approximate surface area is 86.8 Å². The van der Waals surface area contributed by atoms with Gasteiger partial charge in [-0.25, -0.2) is 4.98 Å². The molecule has 0 aliphatic heterocycles. The predicted octanol–water partition coefficient (Wildman–Crippen LogP) is 3.02. The molecule has 1 fully saturated rings. The van der Waals surface area contributed by atoms with Gasteiger partial charge in [0.05, 0.1) is 6.10 Å². The molecule has 2 nitrogen and oxygen atoms in total. The standard InChI is InChI=1S/C9H9Cl2NO/c10-4-6-3-8(9(11)12-5-6)13-7-1-2-7/h3,5,7H,1-2,4H2. The molecule has 1 aromatic rings. The fraction of sp³-hybridized carbons (Fsp3) is 0.444. The molecule has 0 N–H and O–H groups in total. The van der Waals surface area contributed by atoms with Crippen LogP contribution in [0.2, 0.25) is 5.15 Å². The maximum atomic E-state index is 5.85. The molecule has 4 heteroatoms. The highest BCUT2D eigenvalue weighted by atomic mass is 35.5. The zero-order chi connectivity index (χ0) is 9.26. The van der Waals surface area contributed by atoms with E-state index in [1.807, 2.05) is 6.07 Å². The largest absolute Gasteiger partial charge is 0.487 e. The molecule has 1 aliphatic rings. The van der Waals surface area contributed by atoms with E-state index in [1.165, 1.54) is 0 Å². The number of nitrogens with zero attached hydrogens (tertiary/aromatic N) is 1. The van der Waals surface area contributed by atoms with Crippen LogP contribution in [-0.4, -0.2) is 11.1 Å². The summed E-state index contributed by atoms with van der Waals surface area (Å²) >= 11 is 11.5. The van der Waals surface area contributed by atoms with E-state index in [4.69, 9.17) is 27.9 Å². The van der Waals surface area contributed by atoms with Crippen LogP contribution in [0, 0.1) is 0 Å². The van der Waals surface area contributed by atoms with Crippen LogP contribution in [0.1, 0.15) is 18.4 Å². The second kappa shape index (κ2) is 3.72. The molecule has 0 spiro atoms. The second-order valence-corrected chi connectivity index (χ2v) is 3.71. The van der Waals surface area contributed by atoms with Crippen molar-refractivity contribution in [2.24, 2.45) is 0 Å². The van der Waals surface area contributed by atoms with E-state index < -0.39 is 0 Å². The Hall–Kier alpha value is -0.470. The maximum Gasteiger partial charge on any atom is 0.171 e. The number of aromatic nitrogens is 1. The number of pyridine rings is 1. The molecule has 1 heterocycles. The summed E-state index contributed by atoms with van der Waals surface area (Å²) in [4.78, 5) is 3.99. The zero-order valence-electron chi connectivity index (χ0n) is 6.96. The van der Waals surface area contributed by atoms with Gasteiger partial charge in [0.1, 0.15) is 0 Å². The van der Waals surface area contributed by atoms with Gasteiger partial charge in [0.2, 0.25) is 0 Å². The van der Waals surface area contributed by atoms with Crippen LogP contribution in [-0.2, 0) is 5.88 Å². The fourth-order valence-electron chi connectivity index (χ4n) is 0.990. The molecule has 0 saturated heterocycles. The fourth-order valence-corrected chi connectivity index (χ4v) is 1.28. The van der Waals surface area contributed by atoms with Crippen LogP contribution in [0.25, 0.3) is 0 Å². The van der Waals surface area contributed by atoms with Crippen LogP contribution >= 0.6 is 23.2 Å². The summed E-state index contributed by atoms with van der Waals surface area (Å²) in [5.74, 6) is 1.09. The summed E-state index contributed by atoms with van der Waals surface area (Å²) in [7, 11) is 0. The van der Waals surface area contributed by atoms with E-state index in [0.29, 0.717) is 22.9 Å². The molecular formula is C9H9Cl2NO. The third-order valence-electron chi connectivity index (χ3n) is 1.84. The molecule has 13 heavy (non-hydrogen) atoms. The van der Waals surface area contributed by atoms with Gasteiger partial charge in [-0.3, -0.25) is 0 Å². The van der Waals surface area contributed by atoms with E-state index in [-0.39, 0.29) is 0 Å². The maximum absolute atomic E-state index is 5.85. The molecule has 1 aliphatic carbocycles. The van der Waals surface area contributed by atoms with Gasteiger partial charge in [0, 0.05) is 12.1 Å². The summed E-state index contributed by atoms with van der Waals surface area (Å²) in [6.45, 7) is 0. The van der Waals surface area contributed by atoms with Crippen molar-refractivity contribution in [3.05, 3.63) is 23.0 Å². The van der Waals surface area contributed by atoms with Gasteiger partial charge < -0.3 is 4.74 Å². The Morgan fingerprint density at radius 3 is 2.92 bits per heavy atom. The van der Waals surface area contributed by atoms with Crippen LogP contribution in [0.3, 0.4) is 0 Å². The van der Waals surface area contributed by atoms with Gasteiger partial charge >= 0.3 is 0 Å². The summed E-state index contributed by atoms with van der Waals surface area (Å²) in [6, 6.07) is 1.85. The van der Waals surface area contributed by atoms with Crippen molar-refractivity contribution in [1.82, 2.24) is 4.98 Å². The number of hydrogen-bond donors (Lipinski definition) is 0. The van der Waals surface area contributed by atoms with Gasteiger partial charge in [0.15, 0.2) is 10.9 Å². The predicted molar refractivity (Wildman–Crippen MR) is 52.5 cm³/mol. The summed E-state index contributed by atoms with van der Waals surface area (Å²) in [6.07, 6.45) is 4.22. The third-order valence-corrected chi connectivity index (χ3v) is 2.43. The lowest BCUT2D eigenvalue weighted by Crippen LogP contribution is -1.98. The first-order valence-corrected chi connectivity index (χ1v) is 5.08. The van der Waals surface area contributed by atoms with Crippen LogP contribution in [0.15, 0.2) is 12.3 Å². The van der Waals surface area contributed by atoms with Crippen molar-refractivity contribution >= 4 is 23.2 Å². The minimum Gasteiger partial charge on any atom is -0.487 e. The summed E-state index contributed by atoms with van der Waals surface area (Å²) < 4.78 is 5.55. The Morgan fingerprint density at radius 1 is 1.54 bits per heavy atom.